The van der Waals surface area contributed by atoms with Crippen molar-refractivity contribution in [3.05, 3.63) is 34.6 Å². The highest BCUT2D eigenvalue weighted by Crippen LogP contribution is 2.20. The van der Waals surface area contributed by atoms with Crippen molar-refractivity contribution in [2.45, 2.75) is 19.1 Å². The Bertz CT molecular complexity index is 358. The second-order valence-corrected chi connectivity index (χ2v) is 4.30. The van der Waals surface area contributed by atoms with Crippen LogP contribution in [-0.2, 0) is 6.54 Å². The van der Waals surface area contributed by atoms with Crippen molar-refractivity contribution in [1.29, 1.82) is 0 Å². The molecule has 0 unspecified atom stereocenters. The number of hydrogen-bond donors (Lipinski definition) is 1. The minimum atomic E-state index is -0.347. The van der Waals surface area contributed by atoms with E-state index in [1.165, 1.54) is 0 Å². The van der Waals surface area contributed by atoms with Crippen LogP contribution in [-0.4, -0.2) is 29.2 Å². The summed E-state index contributed by atoms with van der Waals surface area (Å²) in [4.78, 5) is 2.03. The standard InChI is InChI=1S/C11H13ClFNO/c12-10-3-1-2-8(11(10)13)6-14-5-4-9(15)7-14/h1-3,9,15H,4-7H2/t9-/m1/s1. The highest BCUT2D eigenvalue weighted by atomic mass is 35.5. The molecule has 1 aromatic carbocycles. The molecule has 0 amide bonds. The number of aliphatic hydroxyl groups excluding tert-OH is 1. The molecule has 1 aliphatic heterocycles. The normalized spacial score (nSPS) is 22.2. The Labute approximate surface area is 93.3 Å². The molecule has 0 aromatic heterocycles. The average Bonchev–Trinajstić information content (AvgIpc) is 2.59. The molecule has 0 spiro atoms. The van der Waals surface area contributed by atoms with Crippen LogP contribution in [0.3, 0.4) is 0 Å². The van der Waals surface area contributed by atoms with Crippen LogP contribution in [0.15, 0.2) is 18.2 Å². The fourth-order valence-corrected chi connectivity index (χ4v) is 2.06. The molecule has 0 aliphatic carbocycles. The molecule has 1 N–H and O–H groups in total. The van der Waals surface area contributed by atoms with Crippen molar-refractivity contribution < 1.29 is 9.50 Å². The van der Waals surface area contributed by atoms with E-state index in [0.717, 1.165) is 13.0 Å². The summed E-state index contributed by atoms with van der Waals surface area (Å²) >= 11 is 5.69. The van der Waals surface area contributed by atoms with Gasteiger partial charge in [-0.3, -0.25) is 4.90 Å². The lowest BCUT2D eigenvalue weighted by molar-refractivity contribution is 0.174. The largest absolute Gasteiger partial charge is 0.392 e. The van der Waals surface area contributed by atoms with Crippen molar-refractivity contribution >= 4 is 11.6 Å². The van der Waals surface area contributed by atoms with Crippen molar-refractivity contribution in [1.82, 2.24) is 4.90 Å². The molecule has 0 saturated carbocycles. The van der Waals surface area contributed by atoms with Gasteiger partial charge < -0.3 is 5.11 Å². The van der Waals surface area contributed by atoms with Gasteiger partial charge in [-0.1, -0.05) is 23.7 Å². The van der Waals surface area contributed by atoms with Gasteiger partial charge in [0.15, 0.2) is 0 Å². The highest BCUT2D eigenvalue weighted by molar-refractivity contribution is 6.30. The molecule has 1 atom stereocenters. The molecule has 0 radical (unpaired) electrons. The second-order valence-electron chi connectivity index (χ2n) is 3.89. The zero-order chi connectivity index (χ0) is 10.8. The summed E-state index contributed by atoms with van der Waals surface area (Å²) in [5.41, 5.74) is 0.594. The maximum absolute atomic E-state index is 13.5. The van der Waals surface area contributed by atoms with E-state index >= 15 is 0 Å². The number of rotatable bonds is 2. The van der Waals surface area contributed by atoms with E-state index in [0.29, 0.717) is 18.7 Å². The van der Waals surface area contributed by atoms with Gasteiger partial charge in [0.25, 0.3) is 0 Å². The SMILES string of the molecule is O[C@@H]1CCN(Cc2cccc(Cl)c2F)C1. The number of β-amino-alcohol motifs (C(OH)–C–C–N with tert-alkyl or cyclic N) is 1. The zero-order valence-corrected chi connectivity index (χ0v) is 9.04. The van der Waals surface area contributed by atoms with Crippen molar-refractivity contribution in [2.24, 2.45) is 0 Å². The molecular formula is C11H13ClFNO. The van der Waals surface area contributed by atoms with E-state index in [2.05, 4.69) is 0 Å². The topological polar surface area (TPSA) is 23.5 Å². The number of hydrogen-bond acceptors (Lipinski definition) is 2. The van der Waals surface area contributed by atoms with E-state index in [-0.39, 0.29) is 16.9 Å². The van der Waals surface area contributed by atoms with Gasteiger partial charge in [0.1, 0.15) is 5.82 Å². The molecule has 1 aliphatic rings. The Morgan fingerprint density at radius 1 is 1.53 bits per heavy atom. The van der Waals surface area contributed by atoms with Crippen LogP contribution in [0.4, 0.5) is 4.39 Å². The highest BCUT2D eigenvalue weighted by Gasteiger charge is 2.21. The Balaban J connectivity index is 2.07. The maximum atomic E-state index is 13.5. The molecule has 1 heterocycles. The third-order valence-corrected chi connectivity index (χ3v) is 2.96. The molecule has 4 heteroatoms. The van der Waals surface area contributed by atoms with Gasteiger partial charge >= 0.3 is 0 Å². The van der Waals surface area contributed by atoms with Crippen molar-refractivity contribution in [2.75, 3.05) is 13.1 Å². The molecule has 2 rings (SSSR count). The predicted molar refractivity (Wildman–Crippen MR) is 57.3 cm³/mol. The first-order valence-corrected chi connectivity index (χ1v) is 5.38. The van der Waals surface area contributed by atoms with Crippen molar-refractivity contribution in [3.63, 3.8) is 0 Å². The Hall–Kier alpha value is -0.640. The second kappa shape index (κ2) is 4.47. The van der Waals surface area contributed by atoms with Gasteiger partial charge in [-0.15, -0.1) is 0 Å². The summed E-state index contributed by atoms with van der Waals surface area (Å²) in [6.07, 6.45) is 0.495. The lowest BCUT2D eigenvalue weighted by atomic mass is 10.2. The van der Waals surface area contributed by atoms with Crippen LogP contribution in [0.5, 0.6) is 0 Å². The van der Waals surface area contributed by atoms with E-state index < -0.39 is 0 Å². The molecular weight excluding hydrogens is 217 g/mol. The van der Waals surface area contributed by atoms with Crippen LogP contribution >= 0.6 is 11.6 Å². The quantitative estimate of drug-likeness (QED) is 0.839. The predicted octanol–water partition coefficient (Wildman–Crippen LogP) is 2.05. The zero-order valence-electron chi connectivity index (χ0n) is 8.29. The lowest BCUT2D eigenvalue weighted by Crippen LogP contribution is -2.22. The molecule has 1 aromatic rings. The summed E-state index contributed by atoms with van der Waals surface area (Å²) < 4.78 is 13.5. The maximum Gasteiger partial charge on any atom is 0.146 e. The summed E-state index contributed by atoms with van der Waals surface area (Å²) in [5, 5.41) is 9.50. The van der Waals surface area contributed by atoms with E-state index in [1.54, 1.807) is 18.2 Å². The number of nitrogens with zero attached hydrogens (tertiary/aromatic N) is 1. The Morgan fingerprint density at radius 2 is 2.33 bits per heavy atom. The summed E-state index contributed by atoms with van der Waals surface area (Å²) in [6, 6.07) is 5.01. The average molecular weight is 230 g/mol. The molecule has 0 bridgehead atoms. The molecule has 2 nitrogen and oxygen atoms in total. The monoisotopic (exact) mass is 229 g/mol. The summed E-state index contributed by atoms with van der Waals surface area (Å²) in [5.74, 6) is -0.347. The first-order chi connectivity index (χ1) is 7.16. The van der Waals surface area contributed by atoms with Gasteiger partial charge in [-0.05, 0) is 12.5 Å². The number of benzene rings is 1. The van der Waals surface area contributed by atoms with Crippen LogP contribution in [0.1, 0.15) is 12.0 Å². The minimum Gasteiger partial charge on any atom is -0.392 e. The first-order valence-electron chi connectivity index (χ1n) is 5.00. The third-order valence-electron chi connectivity index (χ3n) is 2.67. The summed E-state index contributed by atoms with van der Waals surface area (Å²) in [6.45, 7) is 1.95. The fraction of sp³-hybridized carbons (Fsp3) is 0.455. The minimum absolute atomic E-state index is 0.159. The van der Waals surface area contributed by atoms with Gasteiger partial charge in [0, 0.05) is 25.2 Å². The number of halogens is 2. The number of likely N-dealkylation sites (tertiary alicyclic amines) is 1. The van der Waals surface area contributed by atoms with Crippen LogP contribution in [0.2, 0.25) is 5.02 Å². The number of aliphatic hydroxyl groups is 1. The van der Waals surface area contributed by atoms with Gasteiger partial charge in [-0.2, -0.15) is 0 Å². The lowest BCUT2D eigenvalue weighted by Gasteiger charge is -2.15. The molecule has 15 heavy (non-hydrogen) atoms. The van der Waals surface area contributed by atoms with Crippen molar-refractivity contribution in [3.8, 4) is 0 Å². The van der Waals surface area contributed by atoms with E-state index in [9.17, 15) is 9.50 Å². The Kier molecular flexibility index (Phi) is 3.24. The van der Waals surface area contributed by atoms with Gasteiger partial charge in [0.2, 0.25) is 0 Å². The molecule has 82 valence electrons. The molecule has 1 fully saturated rings. The van der Waals surface area contributed by atoms with Gasteiger partial charge in [0.05, 0.1) is 11.1 Å². The third kappa shape index (κ3) is 2.48. The Morgan fingerprint density at radius 3 is 3.00 bits per heavy atom. The van der Waals surface area contributed by atoms with E-state index in [1.807, 2.05) is 4.90 Å². The van der Waals surface area contributed by atoms with Gasteiger partial charge in [-0.25, -0.2) is 4.39 Å². The van der Waals surface area contributed by atoms with Crippen LogP contribution in [0.25, 0.3) is 0 Å². The van der Waals surface area contributed by atoms with Crippen LogP contribution < -0.4 is 0 Å². The smallest absolute Gasteiger partial charge is 0.146 e. The van der Waals surface area contributed by atoms with Crippen LogP contribution in [0, 0.1) is 5.82 Å². The summed E-state index contributed by atoms with van der Waals surface area (Å²) in [7, 11) is 0. The fourth-order valence-electron chi connectivity index (χ4n) is 1.87. The molecule has 1 saturated heterocycles. The van der Waals surface area contributed by atoms with E-state index in [4.69, 9.17) is 11.6 Å². The first kappa shape index (κ1) is 10.9.